The molecule has 1 N–H and O–H groups in total. The topological polar surface area (TPSA) is 99.2 Å². The van der Waals surface area contributed by atoms with Gasteiger partial charge in [-0.2, -0.15) is 4.98 Å². The third-order valence-electron chi connectivity index (χ3n) is 4.91. The molecular formula is C21H21N5O3S2. The molecule has 8 nitrogen and oxygen atoms in total. The van der Waals surface area contributed by atoms with Gasteiger partial charge in [0.15, 0.2) is 23.1 Å². The molecule has 10 heteroatoms. The summed E-state index contributed by atoms with van der Waals surface area (Å²) in [6, 6.07) is 9.97. The van der Waals surface area contributed by atoms with Crippen molar-refractivity contribution in [2.45, 2.75) is 17.5 Å². The van der Waals surface area contributed by atoms with E-state index in [2.05, 4.69) is 19.9 Å². The molecule has 0 aliphatic carbocycles. The average molecular weight is 456 g/mol. The van der Waals surface area contributed by atoms with Crippen LogP contribution in [0.4, 0.5) is 5.82 Å². The van der Waals surface area contributed by atoms with Crippen molar-refractivity contribution in [2.24, 2.45) is 0 Å². The molecule has 4 heterocycles. The number of anilines is 1. The maximum atomic E-state index is 12.8. The molecule has 0 amide bonds. The molecule has 3 aromatic heterocycles. The summed E-state index contributed by atoms with van der Waals surface area (Å²) in [5.41, 5.74) is 2.79. The summed E-state index contributed by atoms with van der Waals surface area (Å²) in [4.78, 5) is 18.8. The first-order valence-electron chi connectivity index (χ1n) is 9.92. The molecule has 1 fully saturated rings. The van der Waals surface area contributed by atoms with Crippen molar-refractivity contribution >= 4 is 39.4 Å². The Morgan fingerprint density at radius 1 is 1.16 bits per heavy atom. The SMILES string of the molecule is [O-][S+](Cc1ncc(OCc2ccccc2)c(N2CCOCC2)n1)c1nc2cscc2[nH]1. The molecule has 4 aromatic rings. The summed E-state index contributed by atoms with van der Waals surface area (Å²) in [6.45, 7) is 3.12. The van der Waals surface area contributed by atoms with E-state index in [0.29, 0.717) is 42.4 Å². The fraction of sp³-hybridized carbons (Fsp3) is 0.286. The number of nitrogens with zero attached hydrogens (tertiary/aromatic N) is 4. The summed E-state index contributed by atoms with van der Waals surface area (Å²) in [6.07, 6.45) is 1.67. The predicted octanol–water partition coefficient (Wildman–Crippen LogP) is 3.14. The lowest BCUT2D eigenvalue weighted by molar-refractivity contribution is 0.122. The van der Waals surface area contributed by atoms with Gasteiger partial charge in [0.1, 0.15) is 12.1 Å². The van der Waals surface area contributed by atoms with Crippen molar-refractivity contribution in [1.82, 2.24) is 19.9 Å². The molecule has 1 saturated heterocycles. The van der Waals surface area contributed by atoms with Gasteiger partial charge in [-0.15, -0.1) is 11.3 Å². The van der Waals surface area contributed by atoms with E-state index in [9.17, 15) is 4.55 Å². The quantitative estimate of drug-likeness (QED) is 0.427. The lowest BCUT2D eigenvalue weighted by Gasteiger charge is -2.29. The number of imidazole rings is 1. The fourth-order valence-corrected chi connectivity index (χ4v) is 4.95. The van der Waals surface area contributed by atoms with E-state index in [4.69, 9.17) is 14.5 Å². The number of hydrogen-bond acceptors (Lipinski definition) is 8. The third-order valence-corrected chi connectivity index (χ3v) is 6.79. The second-order valence-electron chi connectivity index (χ2n) is 7.05. The van der Waals surface area contributed by atoms with Gasteiger partial charge in [0.25, 0.3) is 0 Å². The number of thiophene rings is 1. The number of hydrogen-bond donors (Lipinski definition) is 1. The van der Waals surface area contributed by atoms with Gasteiger partial charge < -0.3 is 18.9 Å². The van der Waals surface area contributed by atoms with Gasteiger partial charge in [0.2, 0.25) is 0 Å². The second-order valence-corrected chi connectivity index (χ2v) is 9.16. The highest BCUT2D eigenvalue weighted by atomic mass is 32.2. The molecule has 0 bridgehead atoms. The first kappa shape index (κ1) is 20.3. The van der Waals surface area contributed by atoms with Crippen LogP contribution in [0.2, 0.25) is 0 Å². The summed E-state index contributed by atoms with van der Waals surface area (Å²) in [5.74, 6) is 1.99. The number of fused-ring (bicyclic) bond motifs is 1. The highest BCUT2D eigenvalue weighted by Gasteiger charge is 2.23. The fourth-order valence-electron chi connectivity index (χ4n) is 3.32. The van der Waals surface area contributed by atoms with E-state index in [0.717, 1.165) is 29.7 Å². The number of ether oxygens (including phenoxy) is 2. The molecule has 0 radical (unpaired) electrons. The molecular weight excluding hydrogens is 434 g/mol. The highest BCUT2D eigenvalue weighted by Crippen LogP contribution is 2.28. The Morgan fingerprint density at radius 2 is 2.00 bits per heavy atom. The Labute approximate surface area is 186 Å². The van der Waals surface area contributed by atoms with Crippen molar-refractivity contribution < 1.29 is 14.0 Å². The Hall–Kier alpha value is -2.66. The summed E-state index contributed by atoms with van der Waals surface area (Å²) < 4.78 is 24.4. The van der Waals surface area contributed by atoms with Crippen molar-refractivity contribution in [3.63, 3.8) is 0 Å². The number of H-pyrrole nitrogens is 1. The molecule has 0 spiro atoms. The standard InChI is InChI=1S/C21H21N5O3S2/c27-31(21-23-16-12-30-13-17(16)24-21)14-19-22-10-18(29-11-15-4-2-1-3-5-15)20(25-19)26-6-8-28-9-7-26/h1-5,10,12-13H,6-9,11,14H2,(H,23,24). The van der Waals surface area contributed by atoms with Gasteiger partial charge in [-0.3, -0.25) is 4.98 Å². The van der Waals surface area contributed by atoms with Crippen LogP contribution >= 0.6 is 11.3 Å². The maximum absolute atomic E-state index is 12.8. The van der Waals surface area contributed by atoms with Gasteiger partial charge in [-0.25, -0.2) is 9.97 Å². The van der Waals surface area contributed by atoms with Crippen molar-refractivity contribution in [3.05, 3.63) is 58.7 Å². The van der Waals surface area contributed by atoms with Crippen LogP contribution in [0.15, 0.2) is 52.4 Å². The van der Waals surface area contributed by atoms with Gasteiger partial charge in [-0.1, -0.05) is 30.3 Å². The Bertz CT molecular complexity index is 1120. The molecule has 1 unspecified atom stereocenters. The third kappa shape index (κ3) is 4.67. The van der Waals surface area contributed by atoms with Crippen LogP contribution in [-0.4, -0.2) is 50.8 Å². The monoisotopic (exact) mass is 455 g/mol. The zero-order chi connectivity index (χ0) is 21.0. The normalized spacial score (nSPS) is 15.3. The maximum Gasteiger partial charge on any atom is 0.322 e. The van der Waals surface area contributed by atoms with Crippen LogP contribution in [-0.2, 0) is 28.3 Å². The summed E-state index contributed by atoms with van der Waals surface area (Å²) >= 11 is 0.189. The van der Waals surface area contributed by atoms with Crippen LogP contribution in [0, 0.1) is 0 Å². The van der Waals surface area contributed by atoms with Gasteiger partial charge >= 0.3 is 5.16 Å². The molecule has 1 aliphatic heterocycles. The van der Waals surface area contributed by atoms with Gasteiger partial charge in [0, 0.05) is 35.0 Å². The van der Waals surface area contributed by atoms with Crippen LogP contribution in [0.1, 0.15) is 11.4 Å². The smallest absolute Gasteiger partial charge is 0.322 e. The summed E-state index contributed by atoms with van der Waals surface area (Å²) in [7, 11) is 0. The van der Waals surface area contributed by atoms with E-state index in [1.54, 1.807) is 17.5 Å². The highest BCUT2D eigenvalue weighted by molar-refractivity contribution is 7.90. The van der Waals surface area contributed by atoms with Gasteiger partial charge in [0.05, 0.1) is 24.9 Å². The van der Waals surface area contributed by atoms with Crippen molar-refractivity contribution in [3.8, 4) is 5.75 Å². The van der Waals surface area contributed by atoms with Crippen molar-refractivity contribution in [1.29, 1.82) is 0 Å². The zero-order valence-corrected chi connectivity index (χ0v) is 18.3. The Morgan fingerprint density at radius 3 is 2.81 bits per heavy atom. The van der Waals surface area contributed by atoms with Crippen molar-refractivity contribution in [2.75, 3.05) is 31.2 Å². The zero-order valence-electron chi connectivity index (χ0n) is 16.7. The number of aromatic amines is 1. The largest absolute Gasteiger partial charge is 0.609 e. The van der Waals surface area contributed by atoms with E-state index in [1.165, 1.54) is 0 Å². The number of aromatic nitrogens is 4. The second kappa shape index (κ2) is 9.23. The first-order valence-corrected chi connectivity index (χ1v) is 12.2. The molecule has 0 saturated carbocycles. The molecule has 160 valence electrons. The lowest BCUT2D eigenvalue weighted by Crippen LogP contribution is -2.37. The van der Waals surface area contributed by atoms with Crippen LogP contribution in [0.5, 0.6) is 5.75 Å². The van der Waals surface area contributed by atoms with Crippen LogP contribution < -0.4 is 9.64 Å². The molecule has 1 aliphatic rings. The van der Waals surface area contributed by atoms with E-state index < -0.39 is 11.2 Å². The van der Waals surface area contributed by atoms with Crippen LogP contribution in [0.25, 0.3) is 11.0 Å². The first-order chi connectivity index (χ1) is 15.3. The Balaban J connectivity index is 1.36. The van der Waals surface area contributed by atoms with Crippen LogP contribution in [0.3, 0.4) is 0 Å². The predicted molar refractivity (Wildman–Crippen MR) is 120 cm³/mol. The molecule has 1 aromatic carbocycles. The molecule has 5 rings (SSSR count). The Kier molecular flexibility index (Phi) is 6.03. The van der Waals surface area contributed by atoms with Gasteiger partial charge in [-0.05, 0) is 5.56 Å². The van der Waals surface area contributed by atoms with E-state index >= 15 is 0 Å². The minimum Gasteiger partial charge on any atom is -0.609 e. The number of rotatable bonds is 7. The lowest BCUT2D eigenvalue weighted by atomic mass is 10.2. The molecule has 31 heavy (non-hydrogen) atoms. The minimum atomic E-state index is -1.37. The minimum absolute atomic E-state index is 0.176. The number of nitrogens with one attached hydrogen (secondary N) is 1. The molecule has 1 atom stereocenters. The number of benzene rings is 1. The van der Waals surface area contributed by atoms with E-state index in [1.807, 2.05) is 41.1 Å². The number of morpholine rings is 1. The summed E-state index contributed by atoms with van der Waals surface area (Å²) in [5, 5.41) is 4.33. The van der Waals surface area contributed by atoms with E-state index in [-0.39, 0.29) is 5.75 Å². The average Bonchev–Trinajstić information content (AvgIpc) is 3.42.